The van der Waals surface area contributed by atoms with Gasteiger partial charge in [0, 0.05) is 47.8 Å². The van der Waals surface area contributed by atoms with Crippen LogP contribution in [-0.4, -0.2) is 49.1 Å². The van der Waals surface area contributed by atoms with E-state index in [4.69, 9.17) is 21.4 Å². The van der Waals surface area contributed by atoms with E-state index in [1.807, 2.05) is 47.0 Å². The van der Waals surface area contributed by atoms with Crippen LogP contribution in [0.15, 0.2) is 73.1 Å². The molecule has 1 saturated carbocycles. The first kappa shape index (κ1) is 25.0. The molecule has 5 aromatic rings. The molecule has 1 fully saturated rings. The summed E-state index contributed by atoms with van der Waals surface area (Å²) in [6.45, 7) is 1.10. The number of nitrogens with zero attached hydrogens (tertiary/aromatic N) is 4. The van der Waals surface area contributed by atoms with Crippen LogP contribution < -0.4 is 16.8 Å². The molecule has 0 saturated heterocycles. The van der Waals surface area contributed by atoms with Crippen molar-refractivity contribution in [2.45, 2.75) is 37.2 Å². The maximum atomic E-state index is 11.0. The summed E-state index contributed by atoms with van der Waals surface area (Å²) in [6.07, 6.45) is 5.71. The monoisotopic (exact) mass is 521 g/mol. The molecule has 0 spiro atoms. The van der Waals surface area contributed by atoms with Crippen LogP contribution in [0.1, 0.15) is 37.4 Å². The minimum Gasteiger partial charge on any atom is -0.389 e. The zero-order chi connectivity index (χ0) is 27.0. The largest absolute Gasteiger partial charge is 0.389 e. The lowest BCUT2D eigenvalue weighted by molar-refractivity contribution is -0.118. The van der Waals surface area contributed by atoms with E-state index >= 15 is 0 Å². The number of nitrogen functional groups attached to an aromatic ring is 1. The van der Waals surface area contributed by atoms with Gasteiger partial charge in [-0.25, -0.2) is 15.0 Å². The first-order valence-electron chi connectivity index (χ1n) is 13.2. The lowest BCUT2D eigenvalue weighted by Gasteiger charge is -2.43. The molecular formula is C30H31N7O2. The number of aliphatic hydroxyl groups is 1. The Labute approximate surface area is 225 Å². The van der Waals surface area contributed by atoms with Crippen molar-refractivity contribution in [3.63, 3.8) is 0 Å². The van der Waals surface area contributed by atoms with Crippen LogP contribution in [0, 0.1) is 0 Å². The molecule has 3 heterocycles. The number of amides is 1. The highest BCUT2D eigenvalue weighted by Gasteiger charge is 2.45. The number of aromatic nitrogens is 4. The number of benzene rings is 2. The zero-order valence-electron chi connectivity index (χ0n) is 21.5. The topological polar surface area (TPSA) is 144 Å². The van der Waals surface area contributed by atoms with Crippen molar-refractivity contribution in [1.29, 1.82) is 0 Å². The van der Waals surface area contributed by atoms with Crippen LogP contribution in [0.2, 0.25) is 0 Å². The van der Waals surface area contributed by atoms with Crippen LogP contribution in [0.25, 0.3) is 38.9 Å². The number of fused-ring (bicyclic) bond motifs is 2. The molecule has 0 atom stereocenters. The predicted molar refractivity (Wildman–Crippen MR) is 152 cm³/mol. The molecule has 1 aliphatic rings. The Morgan fingerprint density at radius 2 is 1.87 bits per heavy atom. The summed E-state index contributed by atoms with van der Waals surface area (Å²) in [7, 11) is 0. The van der Waals surface area contributed by atoms with Crippen LogP contribution in [-0.2, 0) is 4.79 Å². The van der Waals surface area contributed by atoms with Crippen molar-refractivity contribution in [2.75, 3.05) is 18.8 Å². The molecule has 6 rings (SSSR count). The van der Waals surface area contributed by atoms with E-state index < -0.39 is 5.60 Å². The van der Waals surface area contributed by atoms with E-state index in [1.165, 1.54) is 0 Å². The summed E-state index contributed by atoms with van der Waals surface area (Å²) in [4.78, 5) is 25.2. The maximum Gasteiger partial charge on any atom is 0.217 e. The van der Waals surface area contributed by atoms with E-state index in [1.54, 1.807) is 6.20 Å². The van der Waals surface area contributed by atoms with Crippen molar-refractivity contribution >= 4 is 28.1 Å². The first-order valence-corrected chi connectivity index (χ1v) is 13.2. The number of carbonyl (C=O) groups excluding carboxylic acids is 1. The molecule has 1 aliphatic carbocycles. The summed E-state index contributed by atoms with van der Waals surface area (Å²) in [5.74, 6) is 1.03. The number of nitrogens with one attached hydrogen (secondary N) is 1. The zero-order valence-corrected chi connectivity index (χ0v) is 21.5. The van der Waals surface area contributed by atoms with Crippen molar-refractivity contribution in [2.24, 2.45) is 5.73 Å². The van der Waals surface area contributed by atoms with Crippen molar-refractivity contribution in [1.82, 2.24) is 24.7 Å². The van der Waals surface area contributed by atoms with Crippen LogP contribution >= 0.6 is 0 Å². The molecule has 0 bridgehead atoms. The second-order valence-corrected chi connectivity index (χ2v) is 10.4. The maximum absolute atomic E-state index is 11.0. The van der Waals surface area contributed by atoms with Crippen molar-refractivity contribution in [3.05, 3.63) is 78.9 Å². The van der Waals surface area contributed by atoms with Gasteiger partial charge in [0.25, 0.3) is 0 Å². The first-order chi connectivity index (χ1) is 18.9. The summed E-state index contributed by atoms with van der Waals surface area (Å²) in [5.41, 5.74) is 16.0. The molecule has 198 valence electrons. The number of imidazole rings is 1. The van der Waals surface area contributed by atoms with Gasteiger partial charge in [0.2, 0.25) is 5.91 Å². The van der Waals surface area contributed by atoms with Gasteiger partial charge in [-0.15, -0.1) is 0 Å². The van der Waals surface area contributed by atoms with E-state index in [0.717, 1.165) is 44.8 Å². The highest BCUT2D eigenvalue weighted by Crippen LogP contribution is 2.45. The van der Waals surface area contributed by atoms with Gasteiger partial charge in [0.05, 0.1) is 16.8 Å². The summed E-state index contributed by atoms with van der Waals surface area (Å²) < 4.78 is 2.00. The standard InChI is InChI=1S/C30H31N7O2/c31-25(38)7-4-12-33-18-30(39)16-22(17-30)29-36-26(27-28(32)34-13-14-37(27)29)21-9-8-20-10-11-23(35-24(20)15-21)19-5-2-1-3-6-19/h1-3,5-6,8-11,13-15,22,33,39H,4,7,12,16-18H2,(H2,31,38)(H2,32,34). The average Bonchev–Trinajstić information content (AvgIpc) is 3.32. The molecule has 1 amide bonds. The molecule has 39 heavy (non-hydrogen) atoms. The van der Waals surface area contributed by atoms with E-state index in [-0.39, 0.29) is 11.8 Å². The summed E-state index contributed by atoms with van der Waals surface area (Å²) in [6, 6.07) is 20.4. The number of primary amides is 1. The lowest BCUT2D eigenvalue weighted by atomic mass is 9.70. The summed E-state index contributed by atoms with van der Waals surface area (Å²) >= 11 is 0. The normalized spacial score (nSPS) is 18.8. The van der Waals surface area contributed by atoms with Gasteiger partial charge in [-0.05, 0) is 37.9 Å². The molecule has 0 unspecified atom stereocenters. The fraction of sp³-hybridized carbons (Fsp3) is 0.267. The minimum absolute atomic E-state index is 0.0775. The Morgan fingerprint density at radius 3 is 2.67 bits per heavy atom. The molecule has 6 N–H and O–H groups in total. The smallest absolute Gasteiger partial charge is 0.217 e. The van der Waals surface area contributed by atoms with Gasteiger partial charge in [0.1, 0.15) is 22.9 Å². The highest BCUT2D eigenvalue weighted by atomic mass is 16.3. The van der Waals surface area contributed by atoms with Crippen LogP contribution in [0.5, 0.6) is 0 Å². The van der Waals surface area contributed by atoms with E-state index in [0.29, 0.717) is 44.6 Å². The van der Waals surface area contributed by atoms with Crippen molar-refractivity contribution in [3.8, 4) is 22.5 Å². The second-order valence-electron chi connectivity index (χ2n) is 10.4. The Bertz CT molecular complexity index is 1660. The Hall–Kier alpha value is -4.34. The van der Waals surface area contributed by atoms with Gasteiger partial charge < -0.3 is 21.9 Å². The van der Waals surface area contributed by atoms with Gasteiger partial charge in [-0.3, -0.25) is 9.20 Å². The van der Waals surface area contributed by atoms with Gasteiger partial charge >= 0.3 is 0 Å². The Morgan fingerprint density at radius 1 is 1.08 bits per heavy atom. The number of carbonyl (C=O) groups is 1. The number of hydrogen-bond acceptors (Lipinski definition) is 7. The van der Waals surface area contributed by atoms with E-state index in [2.05, 4.69) is 34.6 Å². The summed E-state index contributed by atoms with van der Waals surface area (Å²) in [5, 5.41) is 15.3. The third-order valence-electron chi connectivity index (χ3n) is 7.49. The average molecular weight is 522 g/mol. The fourth-order valence-corrected chi connectivity index (χ4v) is 5.50. The number of nitrogens with two attached hydrogens (primary N) is 2. The lowest BCUT2D eigenvalue weighted by Crippen LogP contribution is -2.50. The van der Waals surface area contributed by atoms with Crippen molar-refractivity contribution < 1.29 is 9.90 Å². The Kier molecular flexibility index (Phi) is 6.46. The van der Waals surface area contributed by atoms with Crippen LogP contribution in [0.3, 0.4) is 0 Å². The highest BCUT2D eigenvalue weighted by molar-refractivity contribution is 5.91. The third-order valence-corrected chi connectivity index (χ3v) is 7.49. The molecule has 9 nitrogen and oxygen atoms in total. The van der Waals surface area contributed by atoms with Crippen LogP contribution in [0.4, 0.5) is 5.82 Å². The Balaban J connectivity index is 1.28. The molecule has 2 aromatic carbocycles. The second kappa shape index (κ2) is 10.1. The third kappa shape index (κ3) is 4.94. The number of pyridine rings is 1. The fourth-order valence-electron chi connectivity index (χ4n) is 5.50. The SMILES string of the molecule is NC(=O)CCCNCC1(O)CC(c2nc(-c3ccc4ccc(-c5ccccc5)nc4c3)c3c(N)nccn23)C1. The molecule has 0 radical (unpaired) electrons. The van der Waals surface area contributed by atoms with E-state index in [9.17, 15) is 9.90 Å². The molecule has 9 heteroatoms. The molecule has 3 aromatic heterocycles. The van der Waals surface area contributed by atoms with Gasteiger partial charge in [-0.1, -0.05) is 48.5 Å². The quantitative estimate of drug-likeness (QED) is 0.217. The number of rotatable bonds is 9. The van der Waals surface area contributed by atoms with Gasteiger partial charge in [0.15, 0.2) is 0 Å². The number of hydrogen-bond donors (Lipinski definition) is 4. The number of anilines is 1. The molecule has 0 aliphatic heterocycles. The molecular weight excluding hydrogens is 490 g/mol. The predicted octanol–water partition coefficient (Wildman–Crippen LogP) is 3.66. The van der Waals surface area contributed by atoms with Gasteiger partial charge in [-0.2, -0.15) is 0 Å². The minimum atomic E-state index is -0.817.